The Hall–Kier alpha value is -2.41. The molecule has 1 amide bonds. The maximum atomic E-state index is 12.8. The number of hydrogen-bond donors (Lipinski definition) is 1. The third-order valence-corrected chi connectivity index (χ3v) is 4.62. The number of fused-ring (bicyclic) bond motifs is 1. The van der Waals surface area contributed by atoms with Gasteiger partial charge in [0, 0.05) is 12.7 Å². The lowest BCUT2D eigenvalue weighted by Crippen LogP contribution is -2.32. The molecule has 3 rings (SSSR count). The number of carbonyl (C=O) groups is 1. The lowest BCUT2D eigenvalue weighted by Gasteiger charge is -2.11. The van der Waals surface area contributed by atoms with Gasteiger partial charge in [-0.05, 0) is 43.2 Å². The Morgan fingerprint density at radius 3 is 2.83 bits per heavy atom. The van der Waals surface area contributed by atoms with Gasteiger partial charge in [0.15, 0.2) is 10.8 Å². The van der Waals surface area contributed by atoms with Gasteiger partial charge in [0.1, 0.15) is 5.82 Å². The van der Waals surface area contributed by atoms with Gasteiger partial charge in [-0.2, -0.15) is 0 Å². The Morgan fingerprint density at radius 1 is 1.25 bits per heavy atom. The zero-order valence-electron chi connectivity index (χ0n) is 13.1. The first-order chi connectivity index (χ1) is 11.6. The quantitative estimate of drug-likeness (QED) is 0.699. The summed E-state index contributed by atoms with van der Waals surface area (Å²) in [7, 11) is 0. The van der Waals surface area contributed by atoms with E-state index in [0.29, 0.717) is 18.1 Å². The molecule has 1 N–H and O–H groups in total. The molecule has 0 aliphatic rings. The summed E-state index contributed by atoms with van der Waals surface area (Å²) in [5.74, 6) is -0.317. The van der Waals surface area contributed by atoms with Gasteiger partial charge in [0.05, 0.1) is 5.25 Å². The first-order valence-electron chi connectivity index (χ1n) is 7.62. The van der Waals surface area contributed by atoms with Crippen LogP contribution in [0.5, 0.6) is 0 Å². The lowest BCUT2D eigenvalue weighted by molar-refractivity contribution is -0.120. The maximum absolute atomic E-state index is 12.8. The molecule has 0 bridgehead atoms. The van der Waals surface area contributed by atoms with Gasteiger partial charge in [-0.3, -0.25) is 9.20 Å². The van der Waals surface area contributed by atoms with Crippen LogP contribution in [0.2, 0.25) is 0 Å². The molecule has 0 fully saturated rings. The lowest BCUT2D eigenvalue weighted by atomic mass is 10.1. The normalized spacial score (nSPS) is 12.2. The van der Waals surface area contributed by atoms with E-state index in [1.54, 1.807) is 12.1 Å². The Morgan fingerprint density at radius 2 is 2.04 bits per heavy atom. The summed E-state index contributed by atoms with van der Waals surface area (Å²) in [5.41, 5.74) is 1.74. The highest BCUT2D eigenvalue weighted by Crippen LogP contribution is 2.21. The summed E-state index contributed by atoms with van der Waals surface area (Å²) in [6.07, 6.45) is 2.54. The van der Waals surface area contributed by atoms with Crippen molar-refractivity contribution in [1.82, 2.24) is 19.9 Å². The molecular formula is C17H17FN4OS. The van der Waals surface area contributed by atoms with E-state index in [0.717, 1.165) is 11.2 Å². The molecule has 0 aliphatic carbocycles. The largest absolute Gasteiger partial charge is 0.355 e. The number of rotatable bonds is 6. The van der Waals surface area contributed by atoms with Gasteiger partial charge >= 0.3 is 0 Å². The zero-order valence-corrected chi connectivity index (χ0v) is 14.0. The van der Waals surface area contributed by atoms with Crippen LogP contribution in [0.25, 0.3) is 5.65 Å². The first kappa shape index (κ1) is 16.4. The Kier molecular flexibility index (Phi) is 5.10. The fraction of sp³-hybridized carbons (Fsp3) is 0.235. The van der Waals surface area contributed by atoms with E-state index in [4.69, 9.17) is 0 Å². The minimum atomic E-state index is -0.286. The summed E-state index contributed by atoms with van der Waals surface area (Å²) in [6, 6.07) is 11.9. The van der Waals surface area contributed by atoms with Crippen molar-refractivity contribution in [3.63, 3.8) is 0 Å². The van der Waals surface area contributed by atoms with Crippen LogP contribution in [0.15, 0.2) is 53.8 Å². The molecule has 0 radical (unpaired) electrons. The molecule has 1 atom stereocenters. The molecule has 7 heteroatoms. The molecule has 0 unspecified atom stereocenters. The van der Waals surface area contributed by atoms with E-state index >= 15 is 0 Å². The molecule has 0 aliphatic heterocycles. The molecule has 2 aromatic heterocycles. The number of nitrogens with zero attached hydrogens (tertiary/aromatic N) is 3. The predicted octanol–water partition coefficient (Wildman–Crippen LogP) is 2.71. The number of aromatic nitrogens is 3. The average Bonchev–Trinajstić information content (AvgIpc) is 3.00. The predicted molar refractivity (Wildman–Crippen MR) is 91.4 cm³/mol. The summed E-state index contributed by atoms with van der Waals surface area (Å²) in [5, 5.41) is 11.5. The van der Waals surface area contributed by atoms with E-state index in [-0.39, 0.29) is 17.0 Å². The van der Waals surface area contributed by atoms with Crippen molar-refractivity contribution >= 4 is 23.3 Å². The second-order valence-corrected chi connectivity index (χ2v) is 6.65. The van der Waals surface area contributed by atoms with Crippen molar-refractivity contribution in [3.05, 3.63) is 60.0 Å². The highest BCUT2D eigenvalue weighted by Gasteiger charge is 2.17. The Bertz CT molecular complexity index is 834. The van der Waals surface area contributed by atoms with Crippen molar-refractivity contribution in [2.24, 2.45) is 0 Å². The summed E-state index contributed by atoms with van der Waals surface area (Å²) >= 11 is 1.36. The SMILES string of the molecule is C[C@H](Sc1nnc2ccccn12)C(=O)NCCc1ccc(F)cc1. The topological polar surface area (TPSA) is 59.3 Å². The number of nitrogens with one attached hydrogen (secondary N) is 1. The zero-order chi connectivity index (χ0) is 16.9. The molecule has 2 heterocycles. The highest BCUT2D eigenvalue weighted by molar-refractivity contribution is 8.00. The molecule has 0 saturated heterocycles. The maximum Gasteiger partial charge on any atom is 0.233 e. The van der Waals surface area contributed by atoms with Gasteiger partial charge in [-0.15, -0.1) is 10.2 Å². The van der Waals surface area contributed by atoms with Gasteiger partial charge in [-0.1, -0.05) is 30.0 Å². The van der Waals surface area contributed by atoms with Crippen LogP contribution in [-0.2, 0) is 11.2 Å². The monoisotopic (exact) mass is 344 g/mol. The van der Waals surface area contributed by atoms with Crippen molar-refractivity contribution in [2.45, 2.75) is 23.8 Å². The van der Waals surface area contributed by atoms with E-state index < -0.39 is 0 Å². The first-order valence-corrected chi connectivity index (χ1v) is 8.50. The minimum Gasteiger partial charge on any atom is -0.355 e. The number of thioether (sulfide) groups is 1. The third kappa shape index (κ3) is 3.91. The minimum absolute atomic E-state index is 0.0604. The number of hydrogen-bond acceptors (Lipinski definition) is 4. The average molecular weight is 344 g/mol. The molecule has 1 aromatic carbocycles. The van der Waals surface area contributed by atoms with Gasteiger partial charge < -0.3 is 5.32 Å². The molecule has 24 heavy (non-hydrogen) atoms. The fourth-order valence-electron chi connectivity index (χ4n) is 2.24. The van der Waals surface area contributed by atoms with Crippen molar-refractivity contribution in [2.75, 3.05) is 6.54 Å². The van der Waals surface area contributed by atoms with Crippen LogP contribution < -0.4 is 5.32 Å². The standard InChI is InChI=1S/C17H17FN4OS/c1-12(24-17-21-20-15-4-2-3-11-22(15)17)16(23)19-10-9-13-5-7-14(18)8-6-13/h2-8,11-12H,9-10H2,1H3,(H,19,23)/t12-/m0/s1. The molecule has 0 saturated carbocycles. The second-order valence-electron chi connectivity index (χ2n) is 5.34. The number of carbonyl (C=O) groups excluding carboxylic acids is 1. The van der Waals surface area contributed by atoms with E-state index in [2.05, 4.69) is 15.5 Å². The van der Waals surface area contributed by atoms with Crippen LogP contribution in [0.1, 0.15) is 12.5 Å². The van der Waals surface area contributed by atoms with Crippen molar-refractivity contribution in [3.8, 4) is 0 Å². The van der Waals surface area contributed by atoms with E-state index in [9.17, 15) is 9.18 Å². The number of benzene rings is 1. The molecule has 124 valence electrons. The molecular weight excluding hydrogens is 327 g/mol. The van der Waals surface area contributed by atoms with Crippen LogP contribution in [-0.4, -0.2) is 32.3 Å². The van der Waals surface area contributed by atoms with Gasteiger partial charge in [0.2, 0.25) is 5.91 Å². The molecule has 3 aromatic rings. The summed E-state index contributed by atoms with van der Waals surface area (Å²) in [4.78, 5) is 12.2. The Balaban J connectivity index is 1.52. The third-order valence-electron chi connectivity index (χ3n) is 3.56. The molecule has 0 spiro atoms. The molecule has 5 nitrogen and oxygen atoms in total. The summed E-state index contributed by atoms with van der Waals surface area (Å²) in [6.45, 7) is 2.35. The van der Waals surface area contributed by atoms with Crippen LogP contribution in [0.3, 0.4) is 0 Å². The van der Waals surface area contributed by atoms with Gasteiger partial charge in [-0.25, -0.2) is 4.39 Å². The number of pyridine rings is 1. The van der Waals surface area contributed by atoms with Crippen LogP contribution in [0, 0.1) is 5.82 Å². The van der Waals surface area contributed by atoms with Crippen molar-refractivity contribution < 1.29 is 9.18 Å². The van der Waals surface area contributed by atoms with Crippen LogP contribution in [0.4, 0.5) is 4.39 Å². The van der Waals surface area contributed by atoms with E-state index in [1.165, 1.54) is 23.9 Å². The van der Waals surface area contributed by atoms with E-state index in [1.807, 2.05) is 35.7 Å². The second kappa shape index (κ2) is 7.44. The number of amides is 1. The Labute approximate surface area is 143 Å². The van der Waals surface area contributed by atoms with Crippen molar-refractivity contribution in [1.29, 1.82) is 0 Å². The highest BCUT2D eigenvalue weighted by atomic mass is 32.2. The van der Waals surface area contributed by atoms with Crippen LogP contribution >= 0.6 is 11.8 Å². The fourth-order valence-corrected chi connectivity index (χ4v) is 3.10. The summed E-state index contributed by atoms with van der Waals surface area (Å²) < 4.78 is 14.7. The number of halogens is 1. The smallest absolute Gasteiger partial charge is 0.233 e. The van der Waals surface area contributed by atoms with Gasteiger partial charge in [0.25, 0.3) is 0 Å².